The molecule has 0 amide bonds. The number of hydrogen-bond acceptors (Lipinski definition) is 2. The van der Waals surface area contributed by atoms with Gasteiger partial charge in [0, 0.05) is 16.3 Å². The third kappa shape index (κ3) is 3.03. The molecule has 2 rings (SSSR count). The van der Waals surface area contributed by atoms with Crippen LogP contribution in [0.3, 0.4) is 0 Å². The van der Waals surface area contributed by atoms with Crippen LogP contribution >= 0.6 is 23.4 Å². The quantitative estimate of drug-likeness (QED) is 0.896. The highest BCUT2D eigenvalue weighted by Gasteiger charge is 2.07. The fourth-order valence-corrected chi connectivity index (χ4v) is 2.82. The summed E-state index contributed by atoms with van der Waals surface area (Å²) in [5.41, 5.74) is 8.07. The largest absolute Gasteiger partial charge is 0.326 e. The maximum atomic E-state index is 6.21. The third-order valence-corrected chi connectivity index (χ3v) is 4.13. The Morgan fingerprint density at radius 2 is 1.82 bits per heavy atom. The van der Waals surface area contributed by atoms with E-state index in [0.29, 0.717) is 6.54 Å². The molecule has 0 aliphatic heterocycles. The van der Waals surface area contributed by atoms with Gasteiger partial charge in [0.15, 0.2) is 0 Å². The molecule has 0 bridgehead atoms. The molecule has 3 heteroatoms. The van der Waals surface area contributed by atoms with Crippen LogP contribution in [0.25, 0.3) is 0 Å². The Kier molecular flexibility index (Phi) is 4.11. The lowest BCUT2D eigenvalue weighted by Crippen LogP contribution is -1.98. The molecule has 2 aromatic rings. The van der Waals surface area contributed by atoms with E-state index >= 15 is 0 Å². The maximum Gasteiger partial charge on any atom is 0.0548 e. The lowest BCUT2D eigenvalue weighted by molar-refractivity contribution is 1.03. The molecule has 0 aromatic heterocycles. The second-order valence-electron chi connectivity index (χ2n) is 3.85. The van der Waals surface area contributed by atoms with Crippen LogP contribution in [0.1, 0.15) is 11.1 Å². The summed E-state index contributed by atoms with van der Waals surface area (Å²) in [5, 5.41) is 0.763. The van der Waals surface area contributed by atoms with Crippen molar-refractivity contribution in [3.8, 4) is 0 Å². The molecule has 2 aromatic carbocycles. The van der Waals surface area contributed by atoms with Gasteiger partial charge in [-0.25, -0.2) is 0 Å². The molecular weight excluding hydrogens is 250 g/mol. The van der Waals surface area contributed by atoms with Crippen molar-refractivity contribution in [2.75, 3.05) is 0 Å². The van der Waals surface area contributed by atoms with Gasteiger partial charge in [0.25, 0.3) is 0 Å². The van der Waals surface area contributed by atoms with Crippen LogP contribution < -0.4 is 5.73 Å². The summed E-state index contributed by atoms with van der Waals surface area (Å²) < 4.78 is 0. The molecule has 17 heavy (non-hydrogen) atoms. The standard InChI is InChI=1S/C14H14ClNS/c1-10-5-7-12(8-6-10)17-14-11(9-16)3-2-4-13(14)15/h2-8H,9,16H2,1H3. The molecule has 0 aliphatic carbocycles. The van der Waals surface area contributed by atoms with E-state index in [9.17, 15) is 0 Å². The van der Waals surface area contributed by atoms with Crippen LogP contribution in [0, 0.1) is 6.92 Å². The summed E-state index contributed by atoms with van der Waals surface area (Å²) in [4.78, 5) is 2.24. The van der Waals surface area contributed by atoms with Crippen molar-refractivity contribution in [2.45, 2.75) is 23.3 Å². The summed E-state index contributed by atoms with van der Waals surface area (Å²) >= 11 is 7.88. The van der Waals surface area contributed by atoms with Crippen LogP contribution in [0.15, 0.2) is 52.3 Å². The second-order valence-corrected chi connectivity index (χ2v) is 5.34. The molecule has 0 spiro atoms. The maximum absolute atomic E-state index is 6.21. The van der Waals surface area contributed by atoms with Gasteiger partial charge in [-0.15, -0.1) is 0 Å². The Balaban J connectivity index is 2.32. The van der Waals surface area contributed by atoms with Crippen molar-refractivity contribution in [3.63, 3.8) is 0 Å². The lowest BCUT2D eigenvalue weighted by atomic mass is 10.2. The second kappa shape index (κ2) is 5.58. The molecule has 0 unspecified atom stereocenters. The Morgan fingerprint density at radius 1 is 1.12 bits per heavy atom. The zero-order valence-electron chi connectivity index (χ0n) is 9.61. The lowest BCUT2D eigenvalue weighted by Gasteiger charge is -2.09. The number of benzene rings is 2. The van der Waals surface area contributed by atoms with E-state index in [-0.39, 0.29) is 0 Å². The van der Waals surface area contributed by atoms with Crippen molar-refractivity contribution in [2.24, 2.45) is 5.73 Å². The number of rotatable bonds is 3. The van der Waals surface area contributed by atoms with E-state index in [1.807, 2.05) is 18.2 Å². The molecule has 0 saturated carbocycles. The molecule has 0 aliphatic rings. The smallest absolute Gasteiger partial charge is 0.0548 e. The Morgan fingerprint density at radius 3 is 2.47 bits per heavy atom. The summed E-state index contributed by atoms with van der Waals surface area (Å²) in [6.07, 6.45) is 0. The normalized spacial score (nSPS) is 10.5. The first-order chi connectivity index (χ1) is 8.20. The van der Waals surface area contributed by atoms with Crippen LogP contribution in [0.2, 0.25) is 5.02 Å². The van der Waals surface area contributed by atoms with Gasteiger partial charge in [-0.05, 0) is 30.7 Å². The monoisotopic (exact) mass is 263 g/mol. The minimum absolute atomic E-state index is 0.509. The topological polar surface area (TPSA) is 26.0 Å². The van der Waals surface area contributed by atoms with Gasteiger partial charge >= 0.3 is 0 Å². The summed E-state index contributed by atoms with van der Waals surface area (Å²) in [6, 6.07) is 14.2. The van der Waals surface area contributed by atoms with Crippen molar-refractivity contribution >= 4 is 23.4 Å². The average Bonchev–Trinajstić information content (AvgIpc) is 2.34. The van der Waals surface area contributed by atoms with Crippen LogP contribution in [-0.2, 0) is 6.54 Å². The van der Waals surface area contributed by atoms with Crippen molar-refractivity contribution in [1.82, 2.24) is 0 Å². The van der Waals surface area contributed by atoms with E-state index < -0.39 is 0 Å². The van der Waals surface area contributed by atoms with Gasteiger partial charge < -0.3 is 5.73 Å². The van der Waals surface area contributed by atoms with Gasteiger partial charge in [0.1, 0.15) is 0 Å². The predicted molar refractivity (Wildman–Crippen MR) is 74.6 cm³/mol. The number of nitrogens with two attached hydrogens (primary N) is 1. The molecular formula is C14H14ClNS. The third-order valence-electron chi connectivity index (χ3n) is 2.51. The molecule has 0 fully saturated rings. The fraction of sp³-hybridized carbons (Fsp3) is 0.143. The molecule has 0 atom stereocenters. The first-order valence-corrected chi connectivity index (χ1v) is 6.62. The molecule has 2 N–H and O–H groups in total. The highest BCUT2D eigenvalue weighted by atomic mass is 35.5. The first-order valence-electron chi connectivity index (χ1n) is 5.42. The Hall–Kier alpha value is -0.960. The summed E-state index contributed by atoms with van der Waals surface area (Å²) in [6.45, 7) is 2.59. The predicted octanol–water partition coefficient (Wildman–Crippen LogP) is 4.26. The van der Waals surface area contributed by atoms with E-state index in [0.717, 1.165) is 15.5 Å². The van der Waals surface area contributed by atoms with Gasteiger partial charge in [-0.2, -0.15) is 0 Å². The molecule has 0 saturated heterocycles. The number of halogens is 1. The molecule has 0 radical (unpaired) electrons. The van der Waals surface area contributed by atoms with Gasteiger partial charge in [-0.3, -0.25) is 0 Å². The van der Waals surface area contributed by atoms with Crippen LogP contribution in [0.4, 0.5) is 0 Å². The summed E-state index contributed by atoms with van der Waals surface area (Å²) in [7, 11) is 0. The molecule has 0 heterocycles. The van der Waals surface area contributed by atoms with Crippen molar-refractivity contribution in [3.05, 3.63) is 58.6 Å². The SMILES string of the molecule is Cc1ccc(Sc2c(Cl)cccc2CN)cc1. The molecule has 88 valence electrons. The van der Waals surface area contributed by atoms with E-state index in [1.165, 1.54) is 10.5 Å². The van der Waals surface area contributed by atoms with Crippen LogP contribution in [0.5, 0.6) is 0 Å². The van der Waals surface area contributed by atoms with Crippen LogP contribution in [-0.4, -0.2) is 0 Å². The average molecular weight is 264 g/mol. The Labute approximate surface area is 111 Å². The van der Waals surface area contributed by atoms with E-state index in [2.05, 4.69) is 31.2 Å². The highest BCUT2D eigenvalue weighted by molar-refractivity contribution is 7.99. The van der Waals surface area contributed by atoms with Crippen molar-refractivity contribution in [1.29, 1.82) is 0 Å². The fourth-order valence-electron chi connectivity index (χ4n) is 1.55. The summed E-state index contributed by atoms with van der Waals surface area (Å²) in [5.74, 6) is 0. The molecule has 1 nitrogen and oxygen atoms in total. The Bertz CT molecular complexity index is 508. The van der Waals surface area contributed by atoms with E-state index in [1.54, 1.807) is 11.8 Å². The zero-order chi connectivity index (χ0) is 12.3. The van der Waals surface area contributed by atoms with Gasteiger partial charge in [0.05, 0.1) is 5.02 Å². The minimum atomic E-state index is 0.509. The van der Waals surface area contributed by atoms with E-state index in [4.69, 9.17) is 17.3 Å². The number of aryl methyl sites for hydroxylation is 1. The number of hydrogen-bond donors (Lipinski definition) is 1. The minimum Gasteiger partial charge on any atom is -0.326 e. The highest BCUT2D eigenvalue weighted by Crippen LogP contribution is 2.35. The first kappa shape index (κ1) is 12.5. The zero-order valence-corrected chi connectivity index (χ0v) is 11.2. The van der Waals surface area contributed by atoms with Gasteiger partial charge in [-0.1, -0.05) is 53.2 Å². The van der Waals surface area contributed by atoms with Crippen molar-refractivity contribution < 1.29 is 0 Å². The van der Waals surface area contributed by atoms with Gasteiger partial charge in [0.2, 0.25) is 0 Å².